The molecule has 0 saturated carbocycles. The highest BCUT2D eigenvalue weighted by atomic mass is 35.5. The first-order valence-corrected chi connectivity index (χ1v) is 9.59. The average molecular weight is 466 g/mol. The van der Waals surface area contributed by atoms with Crippen LogP contribution in [0.15, 0.2) is 24.3 Å². The van der Waals surface area contributed by atoms with Crippen molar-refractivity contribution in [2.75, 3.05) is 23.3 Å². The van der Waals surface area contributed by atoms with E-state index in [-0.39, 0.29) is 36.4 Å². The summed E-state index contributed by atoms with van der Waals surface area (Å²) in [5.74, 6) is 1.07. The van der Waals surface area contributed by atoms with Crippen LogP contribution in [0.2, 0.25) is 0 Å². The fraction of sp³-hybridized carbons (Fsp3) is 0.500. The SMILES string of the molecule is CCCc1cc(N2CCCC(N)C2)nc(Nc2ccc(C)c(C(F)(F)F)c2)n1.Cl.Cl. The van der Waals surface area contributed by atoms with Crippen LogP contribution in [0.3, 0.4) is 0 Å². The number of benzene rings is 1. The molecule has 1 atom stereocenters. The molecule has 1 aromatic carbocycles. The molecular weight excluding hydrogens is 438 g/mol. The Bertz CT molecular complexity index is 833. The average Bonchev–Trinajstić information content (AvgIpc) is 2.62. The molecule has 168 valence electrons. The number of piperidine rings is 1. The van der Waals surface area contributed by atoms with Crippen LogP contribution in [0.5, 0.6) is 0 Å². The van der Waals surface area contributed by atoms with Gasteiger partial charge < -0.3 is 16.0 Å². The summed E-state index contributed by atoms with van der Waals surface area (Å²) in [6, 6.07) is 6.20. The third-order valence-corrected chi connectivity index (χ3v) is 4.85. The van der Waals surface area contributed by atoms with Crippen molar-refractivity contribution in [1.82, 2.24) is 9.97 Å². The normalized spacial score (nSPS) is 16.5. The molecule has 2 heterocycles. The summed E-state index contributed by atoms with van der Waals surface area (Å²) in [6.45, 7) is 5.08. The van der Waals surface area contributed by atoms with E-state index >= 15 is 0 Å². The van der Waals surface area contributed by atoms with Crippen LogP contribution >= 0.6 is 24.8 Å². The lowest BCUT2D eigenvalue weighted by atomic mass is 10.1. The number of rotatable bonds is 5. The standard InChI is InChI=1S/C20H26F3N5.2ClH/c1-3-5-15-11-18(28-9-4-6-14(24)12-28)27-19(25-15)26-16-8-7-13(2)17(10-16)20(21,22)23;;/h7-8,10-11,14H,3-6,9,12,24H2,1-2H3,(H,25,26,27);2*1H. The quantitative estimate of drug-likeness (QED) is 0.629. The van der Waals surface area contributed by atoms with Gasteiger partial charge >= 0.3 is 6.18 Å². The van der Waals surface area contributed by atoms with E-state index in [1.54, 1.807) is 6.07 Å². The number of aromatic nitrogens is 2. The molecular formula is C20H28Cl2F3N5. The first kappa shape index (κ1) is 26.3. The van der Waals surface area contributed by atoms with Crippen LogP contribution in [0.4, 0.5) is 30.6 Å². The van der Waals surface area contributed by atoms with Gasteiger partial charge in [0.2, 0.25) is 5.95 Å². The molecule has 1 unspecified atom stereocenters. The van der Waals surface area contributed by atoms with Gasteiger partial charge in [0.25, 0.3) is 0 Å². The van der Waals surface area contributed by atoms with Crippen LogP contribution in [0, 0.1) is 6.92 Å². The maximum absolute atomic E-state index is 13.2. The lowest BCUT2D eigenvalue weighted by Crippen LogP contribution is -2.43. The van der Waals surface area contributed by atoms with Gasteiger partial charge in [-0.1, -0.05) is 19.4 Å². The minimum Gasteiger partial charge on any atom is -0.355 e. The second-order valence-corrected chi connectivity index (χ2v) is 7.29. The van der Waals surface area contributed by atoms with Gasteiger partial charge in [-0.3, -0.25) is 0 Å². The van der Waals surface area contributed by atoms with Crippen LogP contribution < -0.4 is 16.0 Å². The van der Waals surface area contributed by atoms with Crippen LogP contribution in [0.1, 0.15) is 43.0 Å². The molecule has 30 heavy (non-hydrogen) atoms. The molecule has 1 saturated heterocycles. The zero-order valence-electron chi connectivity index (χ0n) is 17.0. The van der Waals surface area contributed by atoms with Gasteiger partial charge in [-0.15, -0.1) is 24.8 Å². The predicted octanol–water partition coefficient (Wildman–Crippen LogP) is 5.27. The van der Waals surface area contributed by atoms with Gasteiger partial charge in [0.15, 0.2) is 0 Å². The Kier molecular flexibility index (Phi) is 9.65. The Morgan fingerprint density at radius 2 is 1.93 bits per heavy atom. The molecule has 0 aliphatic carbocycles. The number of hydrogen-bond donors (Lipinski definition) is 2. The van der Waals surface area contributed by atoms with Crippen molar-refractivity contribution in [3.05, 3.63) is 41.1 Å². The summed E-state index contributed by atoms with van der Waals surface area (Å²) in [4.78, 5) is 11.2. The monoisotopic (exact) mass is 465 g/mol. The number of hydrogen-bond acceptors (Lipinski definition) is 5. The van der Waals surface area contributed by atoms with Crippen molar-refractivity contribution in [3.8, 4) is 0 Å². The summed E-state index contributed by atoms with van der Waals surface area (Å²) in [6.07, 6.45) is -0.742. The summed E-state index contributed by atoms with van der Waals surface area (Å²) < 4.78 is 39.6. The molecule has 0 radical (unpaired) electrons. The van der Waals surface area contributed by atoms with E-state index in [0.29, 0.717) is 18.2 Å². The predicted molar refractivity (Wildman–Crippen MR) is 119 cm³/mol. The zero-order valence-corrected chi connectivity index (χ0v) is 18.6. The lowest BCUT2D eigenvalue weighted by molar-refractivity contribution is -0.138. The topological polar surface area (TPSA) is 67.1 Å². The van der Waals surface area contributed by atoms with E-state index in [9.17, 15) is 13.2 Å². The van der Waals surface area contributed by atoms with Crippen molar-refractivity contribution in [2.45, 2.75) is 51.7 Å². The van der Waals surface area contributed by atoms with E-state index in [2.05, 4.69) is 27.1 Å². The first-order chi connectivity index (χ1) is 13.3. The second kappa shape index (κ2) is 11.0. The van der Waals surface area contributed by atoms with Crippen molar-refractivity contribution < 1.29 is 13.2 Å². The number of nitrogens with one attached hydrogen (secondary N) is 1. The van der Waals surface area contributed by atoms with E-state index in [1.807, 2.05) is 6.07 Å². The molecule has 0 amide bonds. The van der Waals surface area contributed by atoms with Crippen LogP contribution in [-0.2, 0) is 12.6 Å². The maximum Gasteiger partial charge on any atom is 0.416 e. The molecule has 1 aromatic heterocycles. The van der Waals surface area contributed by atoms with E-state index in [0.717, 1.165) is 49.8 Å². The van der Waals surface area contributed by atoms with Crippen LogP contribution in [-0.4, -0.2) is 29.1 Å². The number of anilines is 3. The molecule has 1 fully saturated rings. The fourth-order valence-electron chi connectivity index (χ4n) is 3.44. The third-order valence-electron chi connectivity index (χ3n) is 4.85. The molecule has 0 spiro atoms. The van der Waals surface area contributed by atoms with Crippen LogP contribution in [0.25, 0.3) is 0 Å². The van der Waals surface area contributed by atoms with Crippen molar-refractivity contribution >= 4 is 42.3 Å². The van der Waals surface area contributed by atoms with Crippen molar-refractivity contribution in [2.24, 2.45) is 5.73 Å². The highest BCUT2D eigenvalue weighted by molar-refractivity contribution is 5.85. The fourth-order valence-corrected chi connectivity index (χ4v) is 3.44. The minimum absolute atomic E-state index is 0. The van der Waals surface area contributed by atoms with Gasteiger partial charge in [-0.2, -0.15) is 18.2 Å². The Morgan fingerprint density at radius 1 is 1.20 bits per heavy atom. The van der Waals surface area contributed by atoms with E-state index in [4.69, 9.17) is 5.73 Å². The molecule has 0 bridgehead atoms. The number of nitrogens with two attached hydrogens (primary N) is 1. The summed E-state index contributed by atoms with van der Waals surface area (Å²) in [5.41, 5.74) is 6.78. The molecule has 10 heteroatoms. The second-order valence-electron chi connectivity index (χ2n) is 7.29. The molecule has 1 aliphatic rings. The Labute approximate surface area is 187 Å². The smallest absolute Gasteiger partial charge is 0.355 e. The van der Waals surface area contributed by atoms with Gasteiger partial charge in [0, 0.05) is 36.6 Å². The van der Waals surface area contributed by atoms with Gasteiger partial charge in [-0.05, 0) is 43.9 Å². The minimum atomic E-state index is -4.40. The Balaban J connectivity index is 0.00000225. The van der Waals surface area contributed by atoms with E-state index in [1.165, 1.54) is 13.0 Å². The summed E-state index contributed by atoms with van der Waals surface area (Å²) in [5, 5.41) is 2.95. The largest absolute Gasteiger partial charge is 0.416 e. The molecule has 3 rings (SSSR count). The van der Waals surface area contributed by atoms with Crippen molar-refractivity contribution in [1.29, 1.82) is 0 Å². The van der Waals surface area contributed by atoms with Gasteiger partial charge in [0.1, 0.15) is 5.82 Å². The maximum atomic E-state index is 13.2. The number of alkyl halides is 3. The highest BCUT2D eigenvalue weighted by Crippen LogP contribution is 2.34. The summed E-state index contributed by atoms with van der Waals surface area (Å²) >= 11 is 0. The molecule has 3 N–H and O–H groups in total. The summed E-state index contributed by atoms with van der Waals surface area (Å²) in [7, 11) is 0. The van der Waals surface area contributed by atoms with Gasteiger partial charge in [-0.25, -0.2) is 4.98 Å². The Morgan fingerprint density at radius 3 is 2.57 bits per heavy atom. The zero-order chi connectivity index (χ0) is 20.3. The van der Waals surface area contributed by atoms with E-state index < -0.39 is 11.7 Å². The third kappa shape index (κ3) is 6.62. The Hall–Kier alpha value is -1.77. The molecule has 2 aromatic rings. The molecule has 5 nitrogen and oxygen atoms in total. The number of halogens is 5. The van der Waals surface area contributed by atoms with Crippen molar-refractivity contribution in [3.63, 3.8) is 0 Å². The number of aryl methyl sites for hydroxylation is 2. The van der Waals surface area contributed by atoms with Gasteiger partial charge in [0.05, 0.1) is 5.56 Å². The number of nitrogens with zero attached hydrogens (tertiary/aromatic N) is 3. The molecule has 1 aliphatic heterocycles. The lowest BCUT2D eigenvalue weighted by Gasteiger charge is -2.32. The highest BCUT2D eigenvalue weighted by Gasteiger charge is 2.32. The first-order valence-electron chi connectivity index (χ1n) is 9.59.